The van der Waals surface area contributed by atoms with Gasteiger partial charge in [0.05, 0.1) is 21.5 Å². The highest BCUT2D eigenvalue weighted by atomic mass is 32.2. The first-order chi connectivity index (χ1) is 18.4. The molecule has 0 aliphatic carbocycles. The van der Waals surface area contributed by atoms with E-state index in [0.717, 1.165) is 24.3 Å². The quantitative estimate of drug-likeness (QED) is 0.311. The van der Waals surface area contributed by atoms with Crippen molar-refractivity contribution < 1.29 is 45.8 Å². The Kier molecular flexibility index (Phi) is 5.83. The van der Waals surface area contributed by atoms with E-state index in [2.05, 4.69) is 9.97 Å². The Hall–Kier alpha value is -4.92. The number of hydrogen-bond donors (Lipinski definition) is 3. The molecule has 200 valence electrons. The molecule has 0 saturated carbocycles. The number of hydrogen-bond acceptors (Lipinski definition) is 7. The third-order valence-electron chi connectivity index (χ3n) is 5.85. The molecular weight excluding hydrogens is 545 g/mol. The zero-order valence-electron chi connectivity index (χ0n) is 19.3. The molecule has 11 nitrogen and oxygen atoms in total. The molecule has 3 aromatic carbocycles. The normalized spacial score (nSPS) is 17.2. The third kappa shape index (κ3) is 4.12. The zero-order valence-corrected chi connectivity index (χ0v) is 20.1. The fourth-order valence-electron chi connectivity index (χ4n) is 4.30. The average Bonchev–Trinajstić information content (AvgIpc) is 3.39. The second-order valence-corrected chi connectivity index (χ2v) is 10.00. The maximum Gasteiger partial charge on any atom is 0.491 e. The summed E-state index contributed by atoms with van der Waals surface area (Å²) >= 11 is 0. The van der Waals surface area contributed by atoms with E-state index >= 15 is 0 Å². The zero-order chi connectivity index (χ0) is 28.2. The van der Waals surface area contributed by atoms with Gasteiger partial charge in [0.1, 0.15) is 0 Å². The molecule has 0 fully saturated rings. The highest BCUT2D eigenvalue weighted by molar-refractivity contribution is 7.89. The number of aromatic nitrogens is 2. The van der Waals surface area contributed by atoms with Crippen LogP contribution in [0.3, 0.4) is 0 Å². The summed E-state index contributed by atoms with van der Waals surface area (Å²) < 4.78 is 73.6. The maximum absolute atomic E-state index is 13.9. The number of nitrogens with one attached hydrogen (secondary N) is 2. The van der Waals surface area contributed by atoms with E-state index in [1.54, 1.807) is 0 Å². The number of benzene rings is 3. The van der Waals surface area contributed by atoms with E-state index in [0.29, 0.717) is 0 Å². The fraction of sp³-hybridized carbons (Fsp3) is 0.0833. The standard InChI is InChI=1S/C24H15F3N4O7S/c25-24(26,27)20(33)38-23(13-10-11-17-18(12-13)29-21(28-17)30-22(34)35)16-9-5-4-8-15(16)19(32)31(23)39(36,37)14-6-2-1-3-7-14/h1-12H,(H,34,35)(H2,28,29,30). The minimum Gasteiger partial charge on any atom is -0.465 e. The average molecular weight is 560 g/mol. The first-order valence-electron chi connectivity index (χ1n) is 10.9. The van der Waals surface area contributed by atoms with Crippen molar-refractivity contribution in [2.24, 2.45) is 0 Å². The topological polar surface area (TPSA) is 159 Å². The number of carboxylic acid groups (broad SMARTS) is 1. The first-order valence-corrected chi connectivity index (χ1v) is 12.3. The molecular formula is C24H15F3N4O7S. The minimum absolute atomic E-state index is 0.0347. The lowest BCUT2D eigenvalue weighted by atomic mass is 9.94. The van der Waals surface area contributed by atoms with Crippen LogP contribution in [0.25, 0.3) is 11.0 Å². The molecule has 5 rings (SSSR count). The Bertz CT molecular complexity index is 1760. The number of carbonyl (C=O) groups excluding carboxylic acids is 2. The van der Waals surface area contributed by atoms with Gasteiger partial charge in [-0.15, -0.1) is 0 Å². The van der Waals surface area contributed by atoms with E-state index in [-0.39, 0.29) is 38.0 Å². The molecule has 2 amide bonds. The lowest BCUT2D eigenvalue weighted by Gasteiger charge is -2.37. The predicted octanol–water partition coefficient (Wildman–Crippen LogP) is 3.80. The number of ether oxygens (including phenoxy) is 1. The highest BCUT2D eigenvalue weighted by Crippen LogP contribution is 2.49. The van der Waals surface area contributed by atoms with Crippen molar-refractivity contribution in [3.05, 3.63) is 89.5 Å². The summed E-state index contributed by atoms with van der Waals surface area (Å²) in [5, 5.41) is 10.9. The van der Waals surface area contributed by atoms with E-state index < -0.39 is 44.8 Å². The summed E-state index contributed by atoms with van der Waals surface area (Å²) in [6.45, 7) is 0. The number of H-pyrrole nitrogens is 1. The summed E-state index contributed by atoms with van der Waals surface area (Å²) in [5.41, 5.74) is -3.81. The highest BCUT2D eigenvalue weighted by Gasteiger charge is 2.62. The van der Waals surface area contributed by atoms with Gasteiger partial charge >= 0.3 is 18.2 Å². The summed E-state index contributed by atoms with van der Waals surface area (Å²) in [6, 6.07) is 15.0. The molecule has 2 heterocycles. The molecule has 4 aromatic rings. The predicted molar refractivity (Wildman–Crippen MR) is 127 cm³/mol. The number of carbonyl (C=O) groups is 3. The minimum atomic E-state index is -5.56. The number of rotatable bonds is 5. The lowest BCUT2D eigenvalue weighted by Crippen LogP contribution is -2.52. The van der Waals surface area contributed by atoms with Crippen LogP contribution in [-0.4, -0.2) is 51.9 Å². The third-order valence-corrected chi connectivity index (χ3v) is 7.62. The number of amides is 2. The molecule has 1 atom stereocenters. The smallest absolute Gasteiger partial charge is 0.465 e. The Labute approximate surface area is 216 Å². The van der Waals surface area contributed by atoms with Gasteiger partial charge < -0.3 is 14.8 Å². The first kappa shape index (κ1) is 25.7. The Morgan fingerprint density at radius 3 is 2.36 bits per heavy atom. The number of halogens is 3. The largest absolute Gasteiger partial charge is 0.491 e. The van der Waals surface area contributed by atoms with E-state index in [1.807, 2.05) is 5.32 Å². The SMILES string of the molecule is O=C(O)Nc1nc2cc(C3(OC(=O)C(F)(F)F)c4ccccc4C(=O)N3S(=O)(=O)c3ccccc3)ccc2[nH]1. The van der Waals surface area contributed by atoms with Gasteiger partial charge in [0, 0.05) is 11.1 Å². The van der Waals surface area contributed by atoms with Crippen molar-refractivity contribution in [1.29, 1.82) is 0 Å². The van der Waals surface area contributed by atoms with Crippen LogP contribution in [0.4, 0.5) is 23.9 Å². The van der Waals surface area contributed by atoms with Crippen molar-refractivity contribution >= 4 is 45.0 Å². The monoisotopic (exact) mass is 560 g/mol. The second kappa shape index (κ2) is 8.83. The van der Waals surface area contributed by atoms with Gasteiger partial charge in [-0.1, -0.05) is 42.5 Å². The lowest BCUT2D eigenvalue weighted by molar-refractivity contribution is -0.217. The molecule has 0 radical (unpaired) electrons. The molecule has 15 heteroatoms. The van der Waals surface area contributed by atoms with Gasteiger partial charge in [-0.3, -0.25) is 10.1 Å². The molecule has 0 bridgehead atoms. The number of nitrogens with zero attached hydrogens (tertiary/aromatic N) is 2. The number of aromatic amines is 1. The number of sulfonamides is 1. The van der Waals surface area contributed by atoms with E-state index in [1.165, 1.54) is 48.5 Å². The van der Waals surface area contributed by atoms with Gasteiger partial charge in [-0.05, 0) is 30.3 Å². The Morgan fingerprint density at radius 1 is 1.03 bits per heavy atom. The number of fused-ring (bicyclic) bond motifs is 2. The van der Waals surface area contributed by atoms with Crippen molar-refractivity contribution in [1.82, 2.24) is 14.3 Å². The molecule has 1 unspecified atom stereocenters. The van der Waals surface area contributed by atoms with Gasteiger partial charge in [-0.25, -0.2) is 23.0 Å². The van der Waals surface area contributed by atoms with Crippen LogP contribution in [0.2, 0.25) is 0 Å². The summed E-state index contributed by atoms with van der Waals surface area (Å²) in [7, 11) is -4.95. The Balaban J connectivity index is 1.83. The van der Waals surface area contributed by atoms with Gasteiger partial charge in [0.15, 0.2) is 0 Å². The van der Waals surface area contributed by atoms with E-state index in [4.69, 9.17) is 9.84 Å². The molecule has 1 aliphatic rings. The van der Waals surface area contributed by atoms with Crippen LogP contribution in [0.15, 0.2) is 77.7 Å². The number of anilines is 1. The van der Waals surface area contributed by atoms with Gasteiger partial charge in [0.2, 0.25) is 5.95 Å². The van der Waals surface area contributed by atoms with Crippen LogP contribution in [0.5, 0.6) is 0 Å². The number of imidazole rings is 1. The van der Waals surface area contributed by atoms with Gasteiger partial charge in [0.25, 0.3) is 21.7 Å². The molecule has 0 saturated heterocycles. The van der Waals surface area contributed by atoms with Crippen LogP contribution in [0.1, 0.15) is 21.5 Å². The molecule has 39 heavy (non-hydrogen) atoms. The molecule has 0 spiro atoms. The van der Waals surface area contributed by atoms with E-state index in [9.17, 15) is 36.0 Å². The molecule has 1 aliphatic heterocycles. The van der Waals surface area contributed by atoms with Gasteiger partial charge in [-0.2, -0.15) is 17.5 Å². The van der Waals surface area contributed by atoms with Crippen molar-refractivity contribution in [3.8, 4) is 0 Å². The molecule has 3 N–H and O–H groups in total. The number of esters is 1. The van der Waals surface area contributed by atoms with Crippen LogP contribution >= 0.6 is 0 Å². The van der Waals surface area contributed by atoms with Crippen LogP contribution < -0.4 is 5.32 Å². The fourth-order valence-corrected chi connectivity index (χ4v) is 5.91. The second-order valence-electron chi connectivity index (χ2n) is 8.21. The van der Waals surface area contributed by atoms with Crippen molar-refractivity contribution in [2.45, 2.75) is 16.8 Å². The van der Waals surface area contributed by atoms with Crippen LogP contribution in [-0.2, 0) is 25.3 Å². The maximum atomic E-state index is 13.9. The molecule has 1 aromatic heterocycles. The van der Waals surface area contributed by atoms with Crippen molar-refractivity contribution in [2.75, 3.05) is 5.32 Å². The van der Waals surface area contributed by atoms with Crippen LogP contribution in [0, 0.1) is 0 Å². The Morgan fingerprint density at radius 2 is 1.69 bits per heavy atom. The number of alkyl halides is 3. The van der Waals surface area contributed by atoms with Crippen molar-refractivity contribution in [3.63, 3.8) is 0 Å². The summed E-state index contributed by atoms with van der Waals surface area (Å²) in [5.74, 6) is -4.23. The summed E-state index contributed by atoms with van der Waals surface area (Å²) in [4.78, 5) is 43.1. The summed E-state index contributed by atoms with van der Waals surface area (Å²) in [6.07, 6.45) is -7.02.